The minimum atomic E-state index is -0.119. The second kappa shape index (κ2) is 6.82. The minimum Gasteiger partial charge on any atom is -0.322 e. The molecule has 0 aliphatic heterocycles. The smallest absolute Gasteiger partial charge is 0.255 e. The quantitative estimate of drug-likeness (QED) is 0.882. The number of benzene rings is 2. The van der Waals surface area contributed by atoms with E-state index in [1.165, 1.54) is 5.56 Å². The van der Waals surface area contributed by atoms with Crippen LogP contribution in [-0.4, -0.2) is 12.2 Å². The summed E-state index contributed by atoms with van der Waals surface area (Å²) in [5.41, 5.74) is 3.60. The third-order valence-electron chi connectivity index (χ3n) is 2.97. The van der Waals surface area contributed by atoms with E-state index in [0.29, 0.717) is 10.6 Å². The van der Waals surface area contributed by atoms with E-state index in [4.69, 9.17) is 11.6 Å². The summed E-state index contributed by atoms with van der Waals surface area (Å²) in [6.45, 7) is 1.94. The molecule has 2 nitrogen and oxygen atoms in total. The van der Waals surface area contributed by atoms with Gasteiger partial charge in [-0.05, 0) is 48.6 Å². The molecule has 2 aromatic carbocycles. The number of carbonyl (C=O) groups excluding carboxylic acids is 1. The number of rotatable bonds is 4. The molecule has 0 radical (unpaired) electrons. The van der Waals surface area contributed by atoms with E-state index in [1.807, 2.05) is 43.3 Å². The largest absolute Gasteiger partial charge is 0.322 e. The van der Waals surface area contributed by atoms with Gasteiger partial charge in [-0.2, -0.15) is 11.8 Å². The van der Waals surface area contributed by atoms with Gasteiger partial charge in [-0.25, -0.2) is 0 Å². The van der Waals surface area contributed by atoms with Crippen LogP contribution < -0.4 is 5.32 Å². The van der Waals surface area contributed by atoms with Gasteiger partial charge in [0.05, 0.1) is 0 Å². The monoisotopic (exact) mass is 305 g/mol. The molecule has 0 aliphatic rings. The number of halogens is 1. The van der Waals surface area contributed by atoms with Crippen LogP contribution in [0.1, 0.15) is 21.5 Å². The Hall–Kier alpha value is -1.45. The predicted molar refractivity (Wildman–Crippen MR) is 87.8 cm³/mol. The summed E-state index contributed by atoms with van der Waals surface area (Å²) in [6.07, 6.45) is 2.06. The third kappa shape index (κ3) is 3.78. The van der Waals surface area contributed by atoms with Crippen molar-refractivity contribution < 1.29 is 4.79 Å². The number of hydrogen-bond donors (Lipinski definition) is 1. The molecule has 2 rings (SSSR count). The molecular weight excluding hydrogens is 290 g/mol. The maximum absolute atomic E-state index is 12.2. The summed E-state index contributed by atoms with van der Waals surface area (Å²) in [5, 5.41) is 3.50. The molecule has 1 N–H and O–H groups in total. The Bertz CT molecular complexity index is 610. The molecule has 20 heavy (non-hydrogen) atoms. The fourth-order valence-electron chi connectivity index (χ4n) is 1.84. The van der Waals surface area contributed by atoms with Crippen molar-refractivity contribution >= 4 is 35.0 Å². The molecule has 0 aromatic heterocycles. The highest BCUT2D eigenvalue weighted by molar-refractivity contribution is 7.97. The van der Waals surface area contributed by atoms with Crippen molar-refractivity contribution in [3.63, 3.8) is 0 Å². The third-order valence-corrected chi connectivity index (χ3v) is 3.83. The summed E-state index contributed by atoms with van der Waals surface area (Å²) in [7, 11) is 0. The summed E-state index contributed by atoms with van der Waals surface area (Å²) in [6, 6.07) is 13.1. The molecule has 0 bridgehead atoms. The average molecular weight is 306 g/mol. The molecule has 104 valence electrons. The van der Waals surface area contributed by atoms with Crippen molar-refractivity contribution in [3.05, 3.63) is 64.2 Å². The van der Waals surface area contributed by atoms with Crippen molar-refractivity contribution in [1.29, 1.82) is 0 Å². The van der Waals surface area contributed by atoms with Gasteiger partial charge in [-0.1, -0.05) is 29.8 Å². The van der Waals surface area contributed by atoms with Gasteiger partial charge in [0, 0.05) is 22.0 Å². The van der Waals surface area contributed by atoms with Gasteiger partial charge in [0.15, 0.2) is 0 Å². The number of amides is 1. The second-order valence-corrected chi connectivity index (χ2v) is 5.85. The fourth-order valence-corrected chi connectivity index (χ4v) is 2.54. The van der Waals surface area contributed by atoms with Crippen molar-refractivity contribution in [2.24, 2.45) is 0 Å². The zero-order valence-electron chi connectivity index (χ0n) is 11.4. The lowest BCUT2D eigenvalue weighted by molar-refractivity contribution is 0.102. The molecule has 1 amide bonds. The molecule has 0 spiro atoms. The molecule has 0 unspecified atom stereocenters. The van der Waals surface area contributed by atoms with Gasteiger partial charge >= 0.3 is 0 Å². The van der Waals surface area contributed by atoms with Crippen LogP contribution in [0, 0.1) is 6.92 Å². The van der Waals surface area contributed by atoms with Gasteiger partial charge in [-0.15, -0.1) is 0 Å². The molecule has 0 saturated heterocycles. The highest BCUT2D eigenvalue weighted by atomic mass is 35.5. The van der Waals surface area contributed by atoms with E-state index in [9.17, 15) is 4.79 Å². The molecule has 0 atom stereocenters. The molecular formula is C16H16ClNOS. The van der Waals surface area contributed by atoms with E-state index in [-0.39, 0.29) is 5.91 Å². The van der Waals surface area contributed by atoms with Crippen LogP contribution in [0.25, 0.3) is 0 Å². The Labute approximate surface area is 128 Å². The van der Waals surface area contributed by atoms with Crippen LogP contribution in [0.5, 0.6) is 0 Å². The standard InChI is InChI=1S/C16H16ClNOS/c1-11-3-8-14(17)9-15(11)18-16(19)13-6-4-12(5-7-13)10-20-2/h3-9H,10H2,1-2H3,(H,18,19). The number of thioether (sulfide) groups is 1. The predicted octanol–water partition coefficient (Wildman–Crippen LogP) is 4.76. The number of anilines is 1. The average Bonchev–Trinajstić information content (AvgIpc) is 2.44. The summed E-state index contributed by atoms with van der Waals surface area (Å²) >= 11 is 7.71. The lowest BCUT2D eigenvalue weighted by atomic mass is 10.1. The molecule has 2 aromatic rings. The maximum atomic E-state index is 12.2. The Balaban J connectivity index is 2.13. The maximum Gasteiger partial charge on any atom is 0.255 e. The first kappa shape index (κ1) is 14.9. The summed E-state index contributed by atoms with van der Waals surface area (Å²) in [4.78, 5) is 12.2. The lowest BCUT2D eigenvalue weighted by Crippen LogP contribution is -2.12. The van der Waals surface area contributed by atoms with E-state index in [0.717, 1.165) is 17.0 Å². The Morgan fingerprint density at radius 3 is 2.55 bits per heavy atom. The van der Waals surface area contributed by atoms with Crippen LogP contribution in [-0.2, 0) is 5.75 Å². The van der Waals surface area contributed by atoms with Crippen molar-refractivity contribution in [2.45, 2.75) is 12.7 Å². The van der Waals surface area contributed by atoms with Crippen molar-refractivity contribution in [1.82, 2.24) is 0 Å². The first-order valence-corrected chi connectivity index (χ1v) is 8.02. The van der Waals surface area contributed by atoms with Crippen LogP contribution in [0.15, 0.2) is 42.5 Å². The van der Waals surface area contributed by atoms with Crippen LogP contribution in [0.2, 0.25) is 5.02 Å². The topological polar surface area (TPSA) is 29.1 Å². The number of aryl methyl sites for hydroxylation is 1. The number of nitrogens with one attached hydrogen (secondary N) is 1. The second-order valence-electron chi connectivity index (χ2n) is 4.54. The van der Waals surface area contributed by atoms with Crippen molar-refractivity contribution in [3.8, 4) is 0 Å². The van der Waals surface area contributed by atoms with E-state index in [1.54, 1.807) is 17.8 Å². The highest BCUT2D eigenvalue weighted by Crippen LogP contribution is 2.21. The molecule has 4 heteroatoms. The van der Waals surface area contributed by atoms with Crippen LogP contribution in [0.3, 0.4) is 0 Å². The molecule has 0 saturated carbocycles. The van der Waals surface area contributed by atoms with E-state index < -0.39 is 0 Å². The zero-order chi connectivity index (χ0) is 14.5. The summed E-state index contributed by atoms with van der Waals surface area (Å²) in [5.74, 6) is 0.834. The lowest BCUT2D eigenvalue weighted by Gasteiger charge is -2.09. The fraction of sp³-hybridized carbons (Fsp3) is 0.188. The Kier molecular flexibility index (Phi) is 5.10. The first-order valence-electron chi connectivity index (χ1n) is 6.25. The van der Waals surface area contributed by atoms with E-state index in [2.05, 4.69) is 11.6 Å². The molecule has 0 fully saturated rings. The van der Waals surface area contributed by atoms with E-state index >= 15 is 0 Å². The minimum absolute atomic E-state index is 0.119. The number of carbonyl (C=O) groups is 1. The van der Waals surface area contributed by atoms with Gasteiger partial charge in [0.25, 0.3) is 5.91 Å². The molecule has 0 aliphatic carbocycles. The van der Waals surface area contributed by atoms with Gasteiger partial charge < -0.3 is 5.32 Å². The Morgan fingerprint density at radius 1 is 1.20 bits per heavy atom. The van der Waals surface area contributed by atoms with Gasteiger partial charge in [-0.3, -0.25) is 4.79 Å². The summed E-state index contributed by atoms with van der Waals surface area (Å²) < 4.78 is 0. The molecule has 0 heterocycles. The zero-order valence-corrected chi connectivity index (χ0v) is 13.0. The first-order chi connectivity index (χ1) is 9.60. The van der Waals surface area contributed by atoms with Crippen LogP contribution in [0.4, 0.5) is 5.69 Å². The van der Waals surface area contributed by atoms with Crippen LogP contribution >= 0.6 is 23.4 Å². The van der Waals surface area contributed by atoms with Gasteiger partial charge in [0.1, 0.15) is 0 Å². The number of hydrogen-bond acceptors (Lipinski definition) is 2. The van der Waals surface area contributed by atoms with Gasteiger partial charge in [0.2, 0.25) is 0 Å². The Morgan fingerprint density at radius 2 is 1.90 bits per heavy atom. The highest BCUT2D eigenvalue weighted by Gasteiger charge is 2.08. The van der Waals surface area contributed by atoms with Crippen molar-refractivity contribution in [2.75, 3.05) is 11.6 Å². The SMILES string of the molecule is CSCc1ccc(C(=O)Nc2cc(Cl)ccc2C)cc1. The normalized spacial score (nSPS) is 10.3.